The van der Waals surface area contributed by atoms with Gasteiger partial charge in [-0.25, -0.2) is 4.79 Å². The number of rotatable bonds is 8. The lowest BCUT2D eigenvalue weighted by molar-refractivity contribution is -0.127. The molecule has 8 heteroatoms. The minimum Gasteiger partial charge on any atom is -0.379 e. The van der Waals surface area contributed by atoms with Crippen LogP contribution in [0, 0.1) is 11.8 Å². The Labute approximate surface area is 207 Å². The van der Waals surface area contributed by atoms with Crippen molar-refractivity contribution in [2.75, 3.05) is 72.1 Å². The summed E-state index contributed by atoms with van der Waals surface area (Å²) in [5.41, 5.74) is 1.29. The van der Waals surface area contributed by atoms with E-state index in [2.05, 4.69) is 62.9 Å². The van der Waals surface area contributed by atoms with Crippen molar-refractivity contribution in [3.8, 4) is 0 Å². The molecule has 8 nitrogen and oxygen atoms in total. The molecule has 0 saturated carbocycles. The molecule has 3 fully saturated rings. The first-order valence-corrected chi connectivity index (χ1v) is 12.9. The van der Waals surface area contributed by atoms with E-state index in [-0.39, 0.29) is 17.9 Å². The highest BCUT2D eigenvalue weighted by molar-refractivity contribution is 5.83. The molecule has 0 radical (unpaired) electrons. The summed E-state index contributed by atoms with van der Waals surface area (Å²) < 4.78 is 5.53. The fraction of sp³-hybridized carbons (Fsp3) is 0.556. The molecule has 0 aromatic heterocycles. The molecule has 188 valence electrons. The molecule has 3 saturated heterocycles. The summed E-state index contributed by atoms with van der Waals surface area (Å²) in [4.78, 5) is 31.6. The Morgan fingerprint density at radius 2 is 1.86 bits per heavy atom. The van der Waals surface area contributed by atoms with Crippen LogP contribution in [0.25, 0.3) is 10.8 Å². The molecular weight excluding hydrogens is 442 g/mol. The monoisotopic (exact) mass is 479 g/mol. The Morgan fingerprint density at radius 1 is 1.03 bits per heavy atom. The van der Waals surface area contributed by atoms with E-state index >= 15 is 0 Å². The van der Waals surface area contributed by atoms with Gasteiger partial charge in [-0.05, 0) is 34.7 Å². The Bertz CT molecular complexity index is 1020. The lowest BCUT2D eigenvalue weighted by atomic mass is 9.87. The number of benzene rings is 2. The normalized spacial score (nSPS) is 24.0. The van der Waals surface area contributed by atoms with Crippen LogP contribution in [0.5, 0.6) is 0 Å². The molecule has 0 bridgehead atoms. The van der Waals surface area contributed by atoms with Crippen molar-refractivity contribution in [1.82, 2.24) is 25.3 Å². The molecule has 0 unspecified atom stereocenters. The Morgan fingerprint density at radius 3 is 2.66 bits per heavy atom. The van der Waals surface area contributed by atoms with E-state index in [1.54, 1.807) is 4.90 Å². The molecule has 2 atom stereocenters. The first-order chi connectivity index (χ1) is 17.1. The second-order valence-corrected chi connectivity index (χ2v) is 10.1. The topological polar surface area (TPSA) is 77.2 Å². The van der Waals surface area contributed by atoms with Gasteiger partial charge in [0.15, 0.2) is 0 Å². The summed E-state index contributed by atoms with van der Waals surface area (Å²) in [5.74, 6) is 0.518. The highest BCUT2D eigenvalue weighted by atomic mass is 16.5. The van der Waals surface area contributed by atoms with Crippen LogP contribution in [-0.4, -0.2) is 98.8 Å². The molecule has 0 spiro atoms. The molecule has 3 aliphatic heterocycles. The third-order valence-electron chi connectivity index (χ3n) is 7.45. The maximum absolute atomic E-state index is 13.2. The number of nitrogens with zero attached hydrogens (tertiary/aromatic N) is 3. The quantitative estimate of drug-likeness (QED) is 0.603. The number of urea groups is 1. The van der Waals surface area contributed by atoms with E-state index in [0.717, 1.165) is 58.9 Å². The number of nitrogens with one attached hydrogen (secondary N) is 2. The standard InChI is InChI=1S/C27H37N5O3/c33-26(28-7-9-32-10-8-29-27(32)34)25-16-22(18-30-11-13-35-14-12-30)19-31(20-25)17-21-5-6-23-3-1-2-4-24(23)15-21/h1-6,15,22,25H,7-14,16-20H2,(H,28,33)(H,29,34)/t22-,25-/m1/s1. The predicted octanol–water partition coefficient (Wildman–Crippen LogP) is 1.75. The number of carbonyl (C=O) groups excluding carboxylic acids is 2. The summed E-state index contributed by atoms with van der Waals surface area (Å²) in [6.45, 7) is 9.60. The minimum absolute atomic E-state index is 0.0379. The minimum atomic E-state index is -0.0392. The van der Waals surface area contributed by atoms with Crippen molar-refractivity contribution in [2.24, 2.45) is 11.8 Å². The lowest BCUT2D eigenvalue weighted by Crippen LogP contribution is -2.50. The van der Waals surface area contributed by atoms with E-state index in [9.17, 15) is 9.59 Å². The van der Waals surface area contributed by atoms with Crippen LogP contribution in [0.4, 0.5) is 4.79 Å². The molecule has 3 aliphatic rings. The number of ether oxygens (including phenoxy) is 1. The Balaban J connectivity index is 1.22. The third kappa shape index (κ3) is 6.31. The number of hydrogen-bond acceptors (Lipinski definition) is 5. The molecular formula is C27H37N5O3. The van der Waals surface area contributed by atoms with Crippen molar-refractivity contribution in [3.05, 3.63) is 48.0 Å². The first kappa shape index (κ1) is 24.0. The number of carbonyl (C=O) groups is 2. The van der Waals surface area contributed by atoms with Crippen molar-refractivity contribution in [3.63, 3.8) is 0 Å². The fourth-order valence-electron chi connectivity index (χ4n) is 5.68. The van der Waals surface area contributed by atoms with Gasteiger partial charge in [0, 0.05) is 65.4 Å². The molecule has 2 aromatic rings. The first-order valence-electron chi connectivity index (χ1n) is 12.9. The zero-order valence-electron chi connectivity index (χ0n) is 20.5. The average Bonchev–Trinajstić information content (AvgIpc) is 3.29. The lowest BCUT2D eigenvalue weighted by Gasteiger charge is -2.40. The number of piperidine rings is 1. The van der Waals surface area contributed by atoms with Crippen molar-refractivity contribution < 1.29 is 14.3 Å². The van der Waals surface area contributed by atoms with Crippen LogP contribution < -0.4 is 10.6 Å². The molecule has 3 amide bonds. The summed E-state index contributed by atoms with van der Waals surface area (Å²) in [6, 6.07) is 15.1. The van der Waals surface area contributed by atoms with Crippen LogP contribution in [-0.2, 0) is 16.1 Å². The number of fused-ring (bicyclic) bond motifs is 1. The molecule has 5 rings (SSSR count). The van der Waals surface area contributed by atoms with Gasteiger partial charge in [0.05, 0.1) is 19.1 Å². The second kappa shape index (κ2) is 11.4. The Hall–Kier alpha value is -2.68. The van der Waals surface area contributed by atoms with Gasteiger partial charge in [-0.15, -0.1) is 0 Å². The summed E-state index contributed by atoms with van der Waals surface area (Å²) in [7, 11) is 0. The zero-order chi connectivity index (χ0) is 24.0. The summed E-state index contributed by atoms with van der Waals surface area (Å²) in [5, 5.41) is 8.43. The van der Waals surface area contributed by atoms with Crippen molar-refractivity contribution in [1.29, 1.82) is 0 Å². The van der Waals surface area contributed by atoms with E-state index in [1.807, 2.05) is 0 Å². The van der Waals surface area contributed by atoms with Gasteiger partial charge in [0.2, 0.25) is 5.91 Å². The van der Waals surface area contributed by atoms with Crippen LogP contribution in [0.3, 0.4) is 0 Å². The van der Waals surface area contributed by atoms with Crippen molar-refractivity contribution in [2.45, 2.75) is 13.0 Å². The molecule has 3 heterocycles. The van der Waals surface area contributed by atoms with Gasteiger partial charge in [0.25, 0.3) is 0 Å². The SMILES string of the molecule is O=C(NCCN1CCNC1=O)[C@@H]1C[C@H](CN2CCOCC2)CN(Cc2ccc3ccccc3c2)C1. The smallest absolute Gasteiger partial charge is 0.317 e. The maximum atomic E-state index is 13.2. The van der Waals surface area contributed by atoms with Crippen LogP contribution in [0.15, 0.2) is 42.5 Å². The van der Waals surface area contributed by atoms with Gasteiger partial charge >= 0.3 is 6.03 Å². The molecule has 0 aliphatic carbocycles. The van der Waals surface area contributed by atoms with Crippen LogP contribution in [0.1, 0.15) is 12.0 Å². The molecule has 35 heavy (non-hydrogen) atoms. The highest BCUT2D eigenvalue weighted by Gasteiger charge is 2.33. The van der Waals surface area contributed by atoms with Crippen molar-refractivity contribution >= 4 is 22.7 Å². The molecule has 2 aromatic carbocycles. The van der Waals surface area contributed by atoms with E-state index < -0.39 is 0 Å². The van der Waals surface area contributed by atoms with Gasteiger partial charge in [-0.1, -0.05) is 36.4 Å². The van der Waals surface area contributed by atoms with Gasteiger partial charge in [-0.3, -0.25) is 14.6 Å². The van der Waals surface area contributed by atoms with Crippen LogP contribution in [0.2, 0.25) is 0 Å². The van der Waals surface area contributed by atoms with Crippen LogP contribution >= 0.6 is 0 Å². The van der Waals surface area contributed by atoms with Gasteiger partial charge in [0.1, 0.15) is 0 Å². The van der Waals surface area contributed by atoms with Gasteiger partial charge < -0.3 is 20.3 Å². The zero-order valence-corrected chi connectivity index (χ0v) is 20.5. The highest BCUT2D eigenvalue weighted by Crippen LogP contribution is 2.26. The Kier molecular flexibility index (Phi) is 7.81. The summed E-state index contributed by atoms with van der Waals surface area (Å²) in [6.07, 6.45) is 0.904. The maximum Gasteiger partial charge on any atom is 0.317 e. The number of hydrogen-bond donors (Lipinski definition) is 2. The second-order valence-electron chi connectivity index (χ2n) is 10.1. The summed E-state index contributed by atoms with van der Waals surface area (Å²) >= 11 is 0. The number of amides is 3. The predicted molar refractivity (Wildman–Crippen MR) is 136 cm³/mol. The third-order valence-corrected chi connectivity index (χ3v) is 7.45. The number of morpholine rings is 1. The largest absolute Gasteiger partial charge is 0.379 e. The average molecular weight is 480 g/mol. The number of likely N-dealkylation sites (tertiary alicyclic amines) is 1. The fourth-order valence-corrected chi connectivity index (χ4v) is 5.68. The van der Waals surface area contributed by atoms with E-state index in [4.69, 9.17) is 4.74 Å². The van der Waals surface area contributed by atoms with E-state index in [1.165, 1.54) is 16.3 Å². The van der Waals surface area contributed by atoms with E-state index in [0.29, 0.717) is 32.1 Å². The molecule has 2 N–H and O–H groups in total. The van der Waals surface area contributed by atoms with Gasteiger partial charge in [-0.2, -0.15) is 0 Å².